The van der Waals surface area contributed by atoms with Crippen molar-refractivity contribution in [2.75, 3.05) is 0 Å². The van der Waals surface area contributed by atoms with Gasteiger partial charge in [-0.25, -0.2) is 4.98 Å². The predicted molar refractivity (Wildman–Crippen MR) is 219 cm³/mol. The van der Waals surface area contributed by atoms with Crippen molar-refractivity contribution in [2.45, 2.75) is 0 Å². The van der Waals surface area contributed by atoms with Crippen molar-refractivity contribution in [3.05, 3.63) is 188 Å². The minimum Gasteiger partial charge on any atom is -0.456 e. The lowest BCUT2D eigenvalue weighted by Gasteiger charge is -2.12. The Morgan fingerprint density at radius 3 is 1.66 bits per heavy atom. The average molecular weight is 678 g/mol. The Balaban J connectivity index is 1.15. The molecule has 53 heavy (non-hydrogen) atoms. The van der Waals surface area contributed by atoms with E-state index in [1.807, 2.05) is 12.1 Å². The second kappa shape index (κ2) is 11.7. The Labute approximate surface area is 305 Å². The zero-order valence-electron chi connectivity index (χ0n) is 28.6. The molecule has 0 spiro atoms. The molecule has 248 valence electrons. The summed E-state index contributed by atoms with van der Waals surface area (Å²) < 4.78 is 11.2. The van der Waals surface area contributed by atoms with Crippen molar-refractivity contribution in [2.24, 2.45) is 0 Å². The molecule has 3 heterocycles. The minimum absolute atomic E-state index is 0.886. The first-order valence-electron chi connectivity index (χ1n) is 18.0. The SMILES string of the molecule is c1ccc(-c2ccc3oc4ccc5c(c6cc(-c7ccccc7)ccc6n5-c5ccc(-c6nc7ccccc7n6-c6ccccc6)cc5)c4c3c2)cc1. The van der Waals surface area contributed by atoms with Crippen LogP contribution in [-0.4, -0.2) is 14.1 Å². The summed E-state index contributed by atoms with van der Waals surface area (Å²) in [5.41, 5.74) is 14.1. The van der Waals surface area contributed by atoms with Crippen molar-refractivity contribution in [3.8, 4) is 45.0 Å². The summed E-state index contributed by atoms with van der Waals surface area (Å²) in [6, 6.07) is 66.6. The van der Waals surface area contributed by atoms with Crippen molar-refractivity contribution >= 4 is 54.8 Å². The fourth-order valence-electron chi connectivity index (χ4n) is 8.09. The first kappa shape index (κ1) is 29.5. The number of hydrogen-bond donors (Lipinski definition) is 0. The second-order valence-electron chi connectivity index (χ2n) is 13.6. The van der Waals surface area contributed by atoms with Crippen LogP contribution in [0.2, 0.25) is 0 Å². The number of fused-ring (bicyclic) bond motifs is 8. The van der Waals surface area contributed by atoms with Crippen LogP contribution in [0.3, 0.4) is 0 Å². The van der Waals surface area contributed by atoms with Gasteiger partial charge in [-0.3, -0.25) is 4.57 Å². The zero-order chi connectivity index (χ0) is 34.9. The molecule has 0 saturated carbocycles. The van der Waals surface area contributed by atoms with Gasteiger partial charge in [0.25, 0.3) is 0 Å². The molecule has 0 aliphatic rings. The quantitative estimate of drug-likeness (QED) is 0.182. The third-order valence-corrected chi connectivity index (χ3v) is 10.5. The molecule has 0 amide bonds. The lowest BCUT2D eigenvalue weighted by atomic mass is 9.99. The van der Waals surface area contributed by atoms with Gasteiger partial charge in [-0.2, -0.15) is 0 Å². The number of benzene rings is 8. The number of aromatic nitrogens is 3. The number of rotatable bonds is 5. The minimum atomic E-state index is 0.886. The molecule has 0 N–H and O–H groups in total. The number of nitrogens with zero attached hydrogens (tertiary/aromatic N) is 3. The van der Waals surface area contributed by atoms with Gasteiger partial charge >= 0.3 is 0 Å². The summed E-state index contributed by atoms with van der Waals surface area (Å²) >= 11 is 0. The van der Waals surface area contributed by atoms with Crippen LogP contribution in [0, 0.1) is 0 Å². The maximum absolute atomic E-state index is 6.55. The number of hydrogen-bond acceptors (Lipinski definition) is 2. The van der Waals surface area contributed by atoms with E-state index in [4.69, 9.17) is 9.40 Å². The monoisotopic (exact) mass is 677 g/mol. The molecule has 8 aromatic carbocycles. The lowest BCUT2D eigenvalue weighted by Crippen LogP contribution is -1.98. The molecule has 0 atom stereocenters. The van der Waals surface area contributed by atoms with E-state index in [-0.39, 0.29) is 0 Å². The fourth-order valence-corrected chi connectivity index (χ4v) is 8.09. The normalized spacial score (nSPS) is 11.8. The molecular formula is C49H31N3O. The van der Waals surface area contributed by atoms with E-state index in [0.29, 0.717) is 0 Å². The largest absolute Gasteiger partial charge is 0.456 e. The Hall–Kier alpha value is -7.17. The molecule has 0 saturated heterocycles. The highest BCUT2D eigenvalue weighted by molar-refractivity contribution is 6.28. The van der Waals surface area contributed by atoms with Crippen LogP contribution in [0.5, 0.6) is 0 Å². The molecule has 0 radical (unpaired) electrons. The molecule has 0 aliphatic heterocycles. The Kier molecular flexibility index (Phi) is 6.52. The molecule has 0 fully saturated rings. The smallest absolute Gasteiger partial charge is 0.145 e. The molecule has 3 aromatic heterocycles. The standard InChI is InChI=1S/C49H31N3O/c1-4-12-32(13-5-1)35-22-26-42-39(30-35)47-44(27-29-46-48(47)40-31-36(23-28-45(40)53-46)33-14-6-2-7-15-33)51(42)38-24-20-34(21-25-38)49-50-41-18-10-11-19-43(41)52(49)37-16-8-3-9-17-37/h1-31H. The number of imidazole rings is 1. The van der Waals surface area contributed by atoms with Gasteiger partial charge in [-0.15, -0.1) is 0 Å². The molecule has 11 aromatic rings. The Morgan fingerprint density at radius 1 is 0.358 bits per heavy atom. The fraction of sp³-hybridized carbons (Fsp3) is 0. The van der Waals surface area contributed by atoms with Crippen LogP contribution in [0.25, 0.3) is 99.8 Å². The van der Waals surface area contributed by atoms with Gasteiger partial charge in [-0.05, 0) is 107 Å². The molecular weight excluding hydrogens is 647 g/mol. The predicted octanol–water partition coefficient (Wildman–Crippen LogP) is 13.0. The van der Waals surface area contributed by atoms with Gasteiger partial charge in [0.15, 0.2) is 0 Å². The number of para-hydroxylation sites is 3. The summed E-state index contributed by atoms with van der Waals surface area (Å²) in [5.74, 6) is 0.916. The average Bonchev–Trinajstić information content (AvgIpc) is 3.91. The maximum atomic E-state index is 6.55. The molecule has 0 bridgehead atoms. The highest BCUT2D eigenvalue weighted by atomic mass is 16.3. The molecule has 0 aliphatic carbocycles. The van der Waals surface area contributed by atoms with Crippen LogP contribution >= 0.6 is 0 Å². The maximum Gasteiger partial charge on any atom is 0.145 e. The molecule has 4 heteroatoms. The van der Waals surface area contributed by atoms with E-state index in [2.05, 4.69) is 185 Å². The van der Waals surface area contributed by atoms with E-state index in [1.54, 1.807) is 0 Å². The summed E-state index contributed by atoms with van der Waals surface area (Å²) in [6.07, 6.45) is 0. The topological polar surface area (TPSA) is 35.9 Å². The first-order valence-corrected chi connectivity index (χ1v) is 18.0. The van der Waals surface area contributed by atoms with Crippen LogP contribution in [0.1, 0.15) is 0 Å². The Bertz CT molecular complexity index is 3130. The van der Waals surface area contributed by atoms with Gasteiger partial charge in [0.1, 0.15) is 17.0 Å². The third-order valence-electron chi connectivity index (χ3n) is 10.5. The summed E-state index contributed by atoms with van der Waals surface area (Å²) in [5, 5.41) is 4.63. The van der Waals surface area contributed by atoms with Crippen LogP contribution in [0.4, 0.5) is 0 Å². The van der Waals surface area contributed by atoms with E-state index in [9.17, 15) is 0 Å². The second-order valence-corrected chi connectivity index (χ2v) is 13.6. The van der Waals surface area contributed by atoms with Gasteiger partial charge < -0.3 is 8.98 Å². The van der Waals surface area contributed by atoms with E-state index in [0.717, 1.165) is 66.8 Å². The van der Waals surface area contributed by atoms with Crippen molar-refractivity contribution < 1.29 is 4.42 Å². The van der Waals surface area contributed by atoms with Gasteiger partial charge in [0, 0.05) is 38.5 Å². The highest BCUT2D eigenvalue weighted by Crippen LogP contribution is 2.43. The highest BCUT2D eigenvalue weighted by Gasteiger charge is 2.21. The number of furan rings is 1. The lowest BCUT2D eigenvalue weighted by molar-refractivity contribution is 0.669. The van der Waals surface area contributed by atoms with Crippen molar-refractivity contribution in [1.82, 2.24) is 14.1 Å². The van der Waals surface area contributed by atoms with E-state index < -0.39 is 0 Å². The Morgan fingerprint density at radius 2 is 0.925 bits per heavy atom. The summed E-state index contributed by atoms with van der Waals surface area (Å²) in [4.78, 5) is 5.12. The van der Waals surface area contributed by atoms with Crippen molar-refractivity contribution in [1.29, 1.82) is 0 Å². The van der Waals surface area contributed by atoms with Crippen LogP contribution in [-0.2, 0) is 0 Å². The van der Waals surface area contributed by atoms with E-state index >= 15 is 0 Å². The first-order chi connectivity index (χ1) is 26.3. The van der Waals surface area contributed by atoms with Crippen LogP contribution in [0.15, 0.2) is 192 Å². The van der Waals surface area contributed by atoms with Crippen LogP contribution < -0.4 is 0 Å². The summed E-state index contributed by atoms with van der Waals surface area (Å²) in [6.45, 7) is 0. The summed E-state index contributed by atoms with van der Waals surface area (Å²) in [7, 11) is 0. The van der Waals surface area contributed by atoms with E-state index in [1.165, 1.54) is 33.0 Å². The molecule has 4 nitrogen and oxygen atoms in total. The molecule has 0 unspecified atom stereocenters. The van der Waals surface area contributed by atoms with Gasteiger partial charge in [0.2, 0.25) is 0 Å². The van der Waals surface area contributed by atoms with Gasteiger partial charge in [-0.1, -0.05) is 103 Å². The third kappa shape index (κ3) is 4.66. The molecule has 11 rings (SSSR count). The zero-order valence-corrected chi connectivity index (χ0v) is 28.6. The van der Waals surface area contributed by atoms with Crippen molar-refractivity contribution in [3.63, 3.8) is 0 Å². The van der Waals surface area contributed by atoms with Gasteiger partial charge in [0.05, 0.1) is 22.1 Å².